The van der Waals surface area contributed by atoms with Gasteiger partial charge in [-0.15, -0.1) is 11.3 Å². The maximum atomic E-state index is 12.7. The van der Waals surface area contributed by atoms with E-state index in [0.717, 1.165) is 62.8 Å². The van der Waals surface area contributed by atoms with Crippen LogP contribution in [-0.4, -0.2) is 78.0 Å². The van der Waals surface area contributed by atoms with E-state index in [1.54, 1.807) is 11.3 Å². The fourth-order valence-electron chi connectivity index (χ4n) is 3.69. The number of likely N-dealkylation sites (N-methyl/N-ethyl adjacent to an activating group) is 1. The van der Waals surface area contributed by atoms with Gasteiger partial charge in [0.25, 0.3) is 0 Å². The number of hydrogen-bond acceptors (Lipinski definition) is 6. The number of hydrogen-bond donors (Lipinski definition) is 0. The van der Waals surface area contributed by atoms with E-state index >= 15 is 0 Å². The lowest BCUT2D eigenvalue weighted by molar-refractivity contribution is -0.137. The zero-order chi connectivity index (χ0) is 17.8. The first kappa shape index (κ1) is 18.8. The largest absolute Gasteiger partial charge is 0.372 e. The normalized spacial score (nSPS) is 24.0. The molecule has 0 aromatic carbocycles. The van der Waals surface area contributed by atoms with Crippen LogP contribution in [0.4, 0.5) is 0 Å². The molecule has 0 saturated carbocycles. The summed E-state index contributed by atoms with van der Waals surface area (Å²) in [5, 5.41) is 3.19. The third kappa shape index (κ3) is 4.58. The summed E-state index contributed by atoms with van der Waals surface area (Å²) in [4.78, 5) is 24.0. The lowest BCUT2D eigenvalue weighted by Crippen LogP contribution is -2.52. The Hall–Kier alpha value is -1.02. The van der Waals surface area contributed by atoms with Gasteiger partial charge in [-0.05, 0) is 40.3 Å². The number of thiazole rings is 1. The van der Waals surface area contributed by atoms with Crippen LogP contribution in [0.1, 0.15) is 43.5 Å². The van der Waals surface area contributed by atoms with Crippen LogP contribution in [0.2, 0.25) is 0 Å². The van der Waals surface area contributed by atoms with E-state index in [4.69, 9.17) is 9.72 Å². The van der Waals surface area contributed by atoms with Gasteiger partial charge in [0.2, 0.25) is 5.91 Å². The van der Waals surface area contributed by atoms with E-state index in [9.17, 15) is 4.79 Å². The molecule has 6 nitrogen and oxygen atoms in total. The first-order valence-corrected chi connectivity index (χ1v) is 10.2. The Morgan fingerprint density at radius 2 is 2.12 bits per heavy atom. The molecule has 2 aliphatic rings. The lowest BCUT2D eigenvalue weighted by Gasteiger charge is -2.36. The van der Waals surface area contributed by atoms with Crippen LogP contribution in [0.15, 0.2) is 5.38 Å². The summed E-state index contributed by atoms with van der Waals surface area (Å²) in [7, 11) is 2.06. The van der Waals surface area contributed by atoms with E-state index in [2.05, 4.69) is 29.2 Å². The minimum absolute atomic E-state index is 0.0709. The summed E-state index contributed by atoms with van der Waals surface area (Å²) in [6.07, 6.45) is 2.22. The molecule has 7 heteroatoms. The molecule has 2 aliphatic heterocycles. The van der Waals surface area contributed by atoms with Gasteiger partial charge in [-0.3, -0.25) is 14.6 Å². The van der Waals surface area contributed by atoms with Gasteiger partial charge in [0.15, 0.2) is 0 Å². The third-order valence-electron chi connectivity index (χ3n) is 5.21. The number of rotatable bonds is 6. The standard InChI is InChI=1S/C18H30N4O2S/c1-4-24-14(2)17-19-15(13-25-17)12-21-8-10-22(11-9-21)18(23)16-6-5-7-20(16)3/h13-14,16H,4-12H2,1-3H3/t14-,16+/m1/s1. The van der Waals surface area contributed by atoms with Crippen molar-refractivity contribution in [2.24, 2.45) is 0 Å². The first-order valence-electron chi connectivity index (χ1n) is 9.35. The van der Waals surface area contributed by atoms with Crippen LogP contribution < -0.4 is 0 Å². The maximum Gasteiger partial charge on any atom is 0.240 e. The fraction of sp³-hybridized carbons (Fsp3) is 0.778. The summed E-state index contributed by atoms with van der Waals surface area (Å²) in [5.41, 5.74) is 1.11. The van der Waals surface area contributed by atoms with Gasteiger partial charge in [-0.25, -0.2) is 4.98 Å². The summed E-state index contributed by atoms with van der Waals surface area (Å²) in [6.45, 7) is 10.2. The number of likely N-dealkylation sites (tertiary alicyclic amines) is 1. The lowest BCUT2D eigenvalue weighted by atomic mass is 10.1. The van der Waals surface area contributed by atoms with E-state index in [-0.39, 0.29) is 12.1 Å². The molecule has 3 heterocycles. The highest BCUT2D eigenvalue weighted by Gasteiger charge is 2.32. The molecule has 3 rings (SSSR count). The van der Waals surface area contributed by atoms with Gasteiger partial charge in [0.05, 0.1) is 11.7 Å². The molecule has 2 fully saturated rings. The summed E-state index contributed by atoms with van der Waals surface area (Å²) in [6, 6.07) is 0.104. The van der Waals surface area contributed by atoms with Crippen molar-refractivity contribution in [1.29, 1.82) is 0 Å². The fourth-order valence-corrected chi connectivity index (χ4v) is 4.51. The first-order chi connectivity index (χ1) is 12.1. The maximum absolute atomic E-state index is 12.7. The topological polar surface area (TPSA) is 48.9 Å². The predicted octanol–water partition coefficient (Wildman–Crippen LogP) is 1.98. The van der Waals surface area contributed by atoms with Gasteiger partial charge >= 0.3 is 0 Å². The highest BCUT2D eigenvalue weighted by Crippen LogP contribution is 2.22. The van der Waals surface area contributed by atoms with Crippen molar-refractivity contribution in [2.45, 2.75) is 45.4 Å². The van der Waals surface area contributed by atoms with Crippen molar-refractivity contribution in [1.82, 2.24) is 19.7 Å². The number of amides is 1. The Morgan fingerprint density at radius 1 is 1.36 bits per heavy atom. The molecule has 2 saturated heterocycles. The second-order valence-corrected chi connectivity index (χ2v) is 7.90. The molecule has 0 unspecified atom stereocenters. The van der Waals surface area contributed by atoms with Crippen LogP contribution in [0, 0.1) is 0 Å². The number of piperazine rings is 1. The molecule has 0 N–H and O–H groups in total. The molecule has 2 atom stereocenters. The molecule has 0 aliphatic carbocycles. The molecule has 0 bridgehead atoms. The van der Waals surface area contributed by atoms with E-state index in [1.165, 1.54) is 0 Å². The van der Waals surface area contributed by atoms with Crippen LogP contribution >= 0.6 is 11.3 Å². The molecule has 0 spiro atoms. The van der Waals surface area contributed by atoms with Crippen molar-refractivity contribution in [3.05, 3.63) is 16.1 Å². The monoisotopic (exact) mass is 366 g/mol. The average molecular weight is 367 g/mol. The summed E-state index contributed by atoms with van der Waals surface area (Å²) in [5.74, 6) is 0.320. The average Bonchev–Trinajstić information content (AvgIpc) is 3.24. The number of carbonyl (C=O) groups excluding carboxylic acids is 1. The highest BCUT2D eigenvalue weighted by molar-refractivity contribution is 7.09. The van der Waals surface area contributed by atoms with Crippen LogP contribution in [0.5, 0.6) is 0 Å². The SMILES string of the molecule is CCO[C@H](C)c1nc(CN2CCN(C(=O)[C@@H]3CCCN3C)CC2)cs1. The Balaban J connectivity index is 1.47. The molecule has 140 valence electrons. The highest BCUT2D eigenvalue weighted by atomic mass is 32.1. The van der Waals surface area contributed by atoms with Gasteiger partial charge in [-0.2, -0.15) is 0 Å². The minimum atomic E-state index is 0.0709. The molecular weight excluding hydrogens is 336 g/mol. The molecule has 0 radical (unpaired) electrons. The van der Waals surface area contributed by atoms with Gasteiger partial charge in [0, 0.05) is 44.7 Å². The minimum Gasteiger partial charge on any atom is -0.372 e. The van der Waals surface area contributed by atoms with Crippen molar-refractivity contribution >= 4 is 17.2 Å². The Kier molecular flexibility index (Phi) is 6.44. The van der Waals surface area contributed by atoms with Gasteiger partial charge in [-0.1, -0.05) is 0 Å². The number of carbonyl (C=O) groups is 1. The predicted molar refractivity (Wildman–Crippen MR) is 99.7 cm³/mol. The molecule has 1 aromatic heterocycles. The number of aromatic nitrogens is 1. The molecule has 1 amide bonds. The van der Waals surface area contributed by atoms with Crippen LogP contribution in [-0.2, 0) is 16.1 Å². The van der Waals surface area contributed by atoms with Crippen LogP contribution in [0.3, 0.4) is 0 Å². The van der Waals surface area contributed by atoms with Gasteiger partial charge < -0.3 is 9.64 Å². The van der Waals surface area contributed by atoms with Crippen molar-refractivity contribution < 1.29 is 9.53 Å². The number of nitrogens with zero attached hydrogens (tertiary/aromatic N) is 4. The molecular formula is C18H30N4O2S. The second-order valence-electron chi connectivity index (χ2n) is 7.01. The summed E-state index contributed by atoms with van der Waals surface area (Å²) < 4.78 is 5.62. The molecule has 25 heavy (non-hydrogen) atoms. The third-order valence-corrected chi connectivity index (χ3v) is 6.26. The zero-order valence-corrected chi connectivity index (χ0v) is 16.4. The Morgan fingerprint density at radius 3 is 2.76 bits per heavy atom. The second kappa shape index (κ2) is 8.58. The van der Waals surface area contributed by atoms with E-state index in [1.807, 2.05) is 11.8 Å². The van der Waals surface area contributed by atoms with E-state index < -0.39 is 0 Å². The smallest absolute Gasteiger partial charge is 0.240 e. The quantitative estimate of drug-likeness (QED) is 0.770. The Bertz CT molecular complexity index is 571. The summed E-state index contributed by atoms with van der Waals surface area (Å²) >= 11 is 1.68. The zero-order valence-electron chi connectivity index (χ0n) is 15.6. The Labute approximate surface area is 154 Å². The van der Waals surface area contributed by atoms with Crippen molar-refractivity contribution in [3.63, 3.8) is 0 Å². The number of ether oxygens (including phenoxy) is 1. The van der Waals surface area contributed by atoms with Crippen LogP contribution in [0.25, 0.3) is 0 Å². The molecule has 1 aromatic rings. The van der Waals surface area contributed by atoms with Gasteiger partial charge in [0.1, 0.15) is 11.1 Å². The van der Waals surface area contributed by atoms with Crippen molar-refractivity contribution in [3.8, 4) is 0 Å². The van der Waals surface area contributed by atoms with Crippen molar-refractivity contribution in [2.75, 3.05) is 46.4 Å². The van der Waals surface area contributed by atoms with E-state index in [0.29, 0.717) is 12.5 Å².